The lowest BCUT2D eigenvalue weighted by atomic mass is 10.1. The zero-order valence-electron chi connectivity index (χ0n) is 9.30. The number of imidazole rings is 1. The molecule has 2 aromatic rings. The first-order chi connectivity index (χ1) is 7.86. The van der Waals surface area contributed by atoms with E-state index in [0.717, 1.165) is 17.8 Å². The maximum atomic E-state index is 4.59. The Kier molecular flexibility index (Phi) is 2.13. The molecule has 1 unspecified atom stereocenters. The summed E-state index contributed by atoms with van der Waals surface area (Å²) < 4.78 is 2.31. The highest BCUT2D eigenvalue weighted by atomic mass is 15.1. The molecule has 1 aromatic heterocycles. The summed E-state index contributed by atoms with van der Waals surface area (Å²) in [5, 5.41) is 0. The van der Waals surface area contributed by atoms with E-state index in [9.17, 15) is 0 Å². The summed E-state index contributed by atoms with van der Waals surface area (Å²) in [4.78, 5) is 4.59. The van der Waals surface area contributed by atoms with Crippen LogP contribution in [0.4, 0.5) is 0 Å². The highest BCUT2D eigenvalue weighted by molar-refractivity contribution is 5.76. The van der Waals surface area contributed by atoms with Gasteiger partial charge < -0.3 is 4.57 Å². The van der Waals surface area contributed by atoms with Crippen molar-refractivity contribution in [1.29, 1.82) is 0 Å². The first-order valence-electron chi connectivity index (χ1n) is 5.63. The zero-order valence-corrected chi connectivity index (χ0v) is 9.30. The monoisotopic (exact) mass is 210 g/mol. The second-order valence-electron chi connectivity index (χ2n) is 4.13. The molecule has 2 nitrogen and oxygen atoms in total. The summed E-state index contributed by atoms with van der Waals surface area (Å²) in [6.07, 6.45) is 9.71. The van der Waals surface area contributed by atoms with Gasteiger partial charge in [0.05, 0.1) is 17.1 Å². The molecule has 1 aromatic carbocycles. The highest BCUT2D eigenvalue weighted by Gasteiger charge is 2.14. The molecule has 0 spiro atoms. The molecule has 1 aliphatic carbocycles. The average molecular weight is 210 g/mol. The molecule has 0 aliphatic heterocycles. The topological polar surface area (TPSA) is 17.8 Å². The molecule has 0 amide bonds. The third-order valence-corrected chi connectivity index (χ3v) is 3.06. The number of aromatic nitrogens is 2. The molecular weight excluding hydrogens is 196 g/mol. The van der Waals surface area contributed by atoms with E-state index in [1.165, 1.54) is 5.52 Å². The Bertz CT molecular complexity index is 575. The molecular formula is C14H14N2. The number of nitrogens with zero attached hydrogens (tertiary/aromatic N) is 2. The minimum Gasteiger partial charge on any atom is -0.321 e. The summed E-state index contributed by atoms with van der Waals surface area (Å²) in [6.45, 7) is 2.08. The van der Waals surface area contributed by atoms with E-state index in [1.807, 2.05) is 6.07 Å². The summed E-state index contributed by atoms with van der Waals surface area (Å²) in [7, 11) is 0. The maximum absolute atomic E-state index is 4.59. The molecule has 1 aliphatic rings. The lowest BCUT2D eigenvalue weighted by molar-refractivity contribution is 0.607. The number of hydrogen-bond acceptors (Lipinski definition) is 1. The first kappa shape index (κ1) is 9.40. The van der Waals surface area contributed by atoms with Crippen LogP contribution >= 0.6 is 0 Å². The van der Waals surface area contributed by atoms with Crippen LogP contribution in [0.1, 0.15) is 18.3 Å². The largest absolute Gasteiger partial charge is 0.321 e. The average Bonchev–Trinajstić information content (AvgIpc) is 2.66. The number of para-hydroxylation sites is 2. The van der Waals surface area contributed by atoms with Crippen molar-refractivity contribution in [3.63, 3.8) is 0 Å². The van der Waals surface area contributed by atoms with E-state index in [2.05, 4.69) is 59.0 Å². The van der Waals surface area contributed by atoms with Gasteiger partial charge in [0.25, 0.3) is 0 Å². The van der Waals surface area contributed by atoms with Gasteiger partial charge in [0.15, 0.2) is 0 Å². The Morgan fingerprint density at radius 3 is 2.94 bits per heavy atom. The number of allylic oxidation sites excluding steroid dienone is 4. The standard InChI is InChI=1S/C14H14N2/c1-11-15-13-9-5-6-10-14(13)16(11)12-7-3-2-4-8-12/h2-7,9-10,12H,8H2,1H3. The second-order valence-corrected chi connectivity index (χ2v) is 4.13. The molecule has 1 atom stereocenters. The van der Waals surface area contributed by atoms with Gasteiger partial charge in [-0.25, -0.2) is 4.98 Å². The van der Waals surface area contributed by atoms with Crippen molar-refractivity contribution in [1.82, 2.24) is 9.55 Å². The van der Waals surface area contributed by atoms with Crippen molar-refractivity contribution in [3.05, 3.63) is 54.4 Å². The number of hydrogen-bond donors (Lipinski definition) is 0. The lowest BCUT2D eigenvalue weighted by Crippen LogP contribution is -2.08. The van der Waals surface area contributed by atoms with Gasteiger partial charge in [-0.05, 0) is 25.5 Å². The fourth-order valence-electron chi connectivity index (χ4n) is 2.34. The van der Waals surface area contributed by atoms with Gasteiger partial charge in [0, 0.05) is 0 Å². The summed E-state index contributed by atoms with van der Waals surface area (Å²) in [5.74, 6) is 1.09. The SMILES string of the molecule is Cc1nc2ccccc2n1C1C=CC=CC1. The van der Waals surface area contributed by atoms with Crippen LogP contribution in [0, 0.1) is 6.92 Å². The molecule has 0 fully saturated rings. The van der Waals surface area contributed by atoms with Crippen molar-refractivity contribution >= 4 is 11.0 Å². The van der Waals surface area contributed by atoms with Crippen LogP contribution in [-0.4, -0.2) is 9.55 Å². The Morgan fingerprint density at radius 1 is 1.25 bits per heavy atom. The van der Waals surface area contributed by atoms with Crippen molar-refractivity contribution in [2.75, 3.05) is 0 Å². The minimum atomic E-state index is 0.414. The van der Waals surface area contributed by atoms with E-state index in [1.54, 1.807) is 0 Å². The Labute approximate surface area is 94.9 Å². The molecule has 0 saturated heterocycles. The van der Waals surface area contributed by atoms with Crippen LogP contribution in [0.2, 0.25) is 0 Å². The van der Waals surface area contributed by atoms with Crippen molar-refractivity contribution < 1.29 is 0 Å². The van der Waals surface area contributed by atoms with E-state index >= 15 is 0 Å². The maximum Gasteiger partial charge on any atom is 0.107 e. The van der Waals surface area contributed by atoms with Crippen molar-refractivity contribution in [2.45, 2.75) is 19.4 Å². The molecule has 2 heteroatoms. The number of fused-ring (bicyclic) bond motifs is 1. The van der Waals surface area contributed by atoms with Crippen LogP contribution in [0.3, 0.4) is 0 Å². The predicted octanol–water partition coefficient (Wildman–Crippen LogP) is 3.40. The molecule has 0 N–H and O–H groups in total. The Balaban J connectivity index is 2.18. The van der Waals surface area contributed by atoms with Gasteiger partial charge in [0.1, 0.15) is 5.82 Å². The van der Waals surface area contributed by atoms with E-state index < -0.39 is 0 Å². The molecule has 1 heterocycles. The van der Waals surface area contributed by atoms with Crippen LogP contribution in [-0.2, 0) is 0 Å². The van der Waals surface area contributed by atoms with Gasteiger partial charge in [-0.3, -0.25) is 0 Å². The van der Waals surface area contributed by atoms with Gasteiger partial charge in [-0.2, -0.15) is 0 Å². The molecule has 0 bridgehead atoms. The van der Waals surface area contributed by atoms with Crippen molar-refractivity contribution in [3.8, 4) is 0 Å². The number of benzene rings is 1. The highest BCUT2D eigenvalue weighted by Crippen LogP contribution is 2.25. The van der Waals surface area contributed by atoms with Crippen molar-refractivity contribution in [2.24, 2.45) is 0 Å². The van der Waals surface area contributed by atoms with Gasteiger partial charge >= 0.3 is 0 Å². The second kappa shape index (κ2) is 3.63. The van der Waals surface area contributed by atoms with Crippen LogP contribution in [0.5, 0.6) is 0 Å². The first-order valence-corrected chi connectivity index (χ1v) is 5.63. The van der Waals surface area contributed by atoms with Crippen LogP contribution in [0.25, 0.3) is 11.0 Å². The molecule has 80 valence electrons. The van der Waals surface area contributed by atoms with E-state index in [-0.39, 0.29) is 0 Å². The molecule has 0 radical (unpaired) electrons. The van der Waals surface area contributed by atoms with E-state index in [4.69, 9.17) is 0 Å². The van der Waals surface area contributed by atoms with Gasteiger partial charge in [-0.1, -0.05) is 36.4 Å². The third kappa shape index (κ3) is 1.38. The summed E-state index contributed by atoms with van der Waals surface area (Å²) in [5.41, 5.74) is 2.31. The lowest BCUT2D eigenvalue weighted by Gasteiger charge is -2.17. The van der Waals surface area contributed by atoms with E-state index in [0.29, 0.717) is 6.04 Å². The van der Waals surface area contributed by atoms with Crippen LogP contribution in [0.15, 0.2) is 48.6 Å². The molecule has 3 rings (SSSR count). The summed E-state index contributed by atoms with van der Waals surface area (Å²) >= 11 is 0. The van der Waals surface area contributed by atoms with Crippen LogP contribution < -0.4 is 0 Å². The van der Waals surface area contributed by atoms with Gasteiger partial charge in [-0.15, -0.1) is 0 Å². The van der Waals surface area contributed by atoms with Gasteiger partial charge in [0.2, 0.25) is 0 Å². The Morgan fingerprint density at radius 2 is 2.12 bits per heavy atom. The zero-order chi connectivity index (χ0) is 11.0. The summed E-state index contributed by atoms with van der Waals surface area (Å²) in [6, 6.07) is 8.73. The Hall–Kier alpha value is -1.83. The quantitative estimate of drug-likeness (QED) is 0.705. The number of aryl methyl sites for hydroxylation is 1. The smallest absolute Gasteiger partial charge is 0.107 e. The number of rotatable bonds is 1. The fraction of sp³-hybridized carbons (Fsp3) is 0.214. The molecule has 16 heavy (non-hydrogen) atoms. The predicted molar refractivity (Wildman–Crippen MR) is 66.4 cm³/mol. The fourth-order valence-corrected chi connectivity index (χ4v) is 2.34. The molecule has 0 saturated carbocycles. The normalized spacial score (nSPS) is 19.4. The minimum absolute atomic E-state index is 0.414. The third-order valence-electron chi connectivity index (χ3n) is 3.06.